The van der Waals surface area contributed by atoms with Crippen molar-refractivity contribution in [3.63, 3.8) is 0 Å². The number of imide groups is 1. The van der Waals surface area contributed by atoms with Gasteiger partial charge in [-0.05, 0) is 18.4 Å². The van der Waals surface area contributed by atoms with Gasteiger partial charge in [0.05, 0.1) is 19.8 Å². The van der Waals surface area contributed by atoms with Gasteiger partial charge < -0.3 is 9.47 Å². The molecule has 0 atom stereocenters. The van der Waals surface area contributed by atoms with Crippen molar-refractivity contribution in [1.29, 1.82) is 0 Å². The normalized spacial score (nSPS) is 9.90. The third-order valence-electron chi connectivity index (χ3n) is 2.48. The highest BCUT2D eigenvalue weighted by molar-refractivity contribution is 5.87. The van der Waals surface area contributed by atoms with Crippen molar-refractivity contribution in [2.45, 2.75) is 33.2 Å². The Bertz CT molecular complexity index is 399. The summed E-state index contributed by atoms with van der Waals surface area (Å²) < 4.78 is 10.0. The fraction of sp³-hybridized carbons (Fsp3) is 0.467. The summed E-state index contributed by atoms with van der Waals surface area (Å²) in [4.78, 5) is 24.8. The minimum Gasteiger partial charge on any atom is -0.449 e. The third-order valence-corrected chi connectivity index (χ3v) is 2.48. The number of benzene rings is 1. The van der Waals surface area contributed by atoms with E-state index in [2.05, 4.69) is 0 Å². The molecule has 0 spiro atoms. The summed E-state index contributed by atoms with van der Waals surface area (Å²) in [6.45, 7) is 4.50. The molecule has 0 aliphatic rings. The highest BCUT2D eigenvalue weighted by Gasteiger charge is 2.24. The number of carbonyl (C=O) groups is 2. The molecule has 1 aromatic rings. The second-order valence-corrected chi connectivity index (χ2v) is 4.30. The zero-order valence-electron chi connectivity index (χ0n) is 12.0. The Balaban J connectivity index is 2.72. The number of nitrogens with zero attached hydrogens (tertiary/aromatic N) is 1. The van der Waals surface area contributed by atoms with E-state index in [0.717, 1.165) is 10.5 Å². The fourth-order valence-electron chi connectivity index (χ4n) is 1.50. The van der Waals surface area contributed by atoms with E-state index in [9.17, 15) is 9.59 Å². The number of rotatable bonds is 6. The summed E-state index contributed by atoms with van der Waals surface area (Å²) >= 11 is 0. The van der Waals surface area contributed by atoms with Gasteiger partial charge in [0.15, 0.2) is 0 Å². The molecule has 0 bridgehead atoms. The molecule has 0 saturated heterocycles. The van der Waals surface area contributed by atoms with Gasteiger partial charge in [-0.3, -0.25) is 0 Å². The lowest BCUT2D eigenvalue weighted by atomic mass is 10.2. The molecule has 0 aliphatic heterocycles. The second kappa shape index (κ2) is 8.96. The molecule has 2 amide bonds. The smallest absolute Gasteiger partial charge is 0.419 e. The second-order valence-electron chi connectivity index (χ2n) is 4.30. The Hall–Kier alpha value is -2.04. The molecule has 110 valence electrons. The summed E-state index contributed by atoms with van der Waals surface area (Å²) in [5.74, 6) is 0. The van der Waals surface area contributed by atoms with Gasteiger partial charge in [0.25, 0.3) is 0 Å². The number of carbonyl (C=O) groups excluding carboxylic acids is 2. The van der Waals surface area contributed by atoms with Crippen LogP contribution in [0.5, 0.6) is 0 Å². The number of hydrogen-bond donors (Lipinski definition) is 0. The Kier molecular flexibility index (Phi) is 7.17. The maximum atomic E-state index is 11.9. The van der Waals surface area contributed by atoms with Gasteiger partial charge in [0, 0.05) is 0 Å². The van der Waals surface area contributed by atoms with E-state index in [1.807, 2.05) is 44.2 Å². The molecule has 1 rings (SSSR count). The van der Waals surface area contributed by atoms with Crippen LogP contribution in [0.4, 0.5) is 9.59 Å². The summed E-state index contributed by atoms with van der Waals surface area (Å²) in [6, 6.07) is 9.25. The first kappa shape index (κ1) is 16.0. The molecule has 0 saturated carbocycles. The molecule has 0 unspecified atom stereocenters. The molecule has 0 heterocycles. The molecule has 1 aromatic carbocycles. The van der Waals surface area contributed by atoms with E-state index in [-0.39, 0.29) is 19.8 Å². The van der Waals surface area contributed by atoms with Crippen LogP contribution >= 0.6 is 0 Å². The van der Waals surface area contributed by atoms with Crippen molar-refractivity contribution in [2.75, 3.05) is 13.2 Å². The largest absolute Gasteiger partial charge is 0.449 e. The number of ether oxygens (including phenoxy) is 2. The van der Waals surface area contributed by atoms with Crippen LogP contribution in [0.2, 0.25) is 0 Å². The Morgan fingerprint density at radius 2 is 1.45 bits per heavy atom. The van der Waals surface area contributed by atoms with Crippen LogP contribution in [0.15, 0.2) is 30.3 Å². The first-order valence-corrected chi connectivity index (χ1v) is 6.84. The van der Waals surface area contributed by atoms with E-state index in [1.54, 1.807) is 0 Å². The van der Waals surface area contributed by atoms with Crippen LogP contribution in [-0.4, -0.2) is 30.3 Å². The van der Waals surface area contributed by atoms with E-state index < -0.39 is 12.2 Å². The summed E-state index contributed by atoms with van der Waals surface area (Å²) in [7, 11) is 0. The quantitative estimate of drug-likeness (QED) is 0.798. The Morgan fingerprint density at radius 1 is 0.950 bits per heavy atom. The van der Waals surface area contributed by atoms with Gasteiger partial charge in [-0.2, -0.15) is 0 Å². The fourth-order valence-corrected chi connectivity index (χ4v) is 1.50. The molecule has 5 nitrogen and oxygen atoms in total. The lowest BCUT2D eigenvalue weighted by Gasteiger charge is -2.19. The number of amides is 2. The Morgan fingerprint density at radius 3 is 1.90 bits per heavy atom. The summed E-state index contributed by atoms with van der Waals surface area (Å²) in [5.41, 5.74) is 0.842. The average molecular weight is 279 g/mol. The molecule has 0 N–H and O–H groups in total. The first-order chi connectivity index (χ1) is 9.69. The van der Waals surface area contributed by atoms with Crippen molar-refractivity contribution in [3.05, 3.63) is 35.9 Å². The average Bonchev–Trinajstić information content (AvgIpc) is 2.48. The monoisotopic (exact) mass is 279 g/mol. The highest BCUT2D eigenvalue weighted by Crippen LogP contribution is 2.08. The topological polar surface area (TPSA) is 55.8 Å². The van der Waals surface area contributed by atoms with Crippen LogP contribution in [0.25, 0.3) is 0 Å². The third kappa shape index (κ3) is 5.30. The van der Waals surface area contributed by atoms with Crippen LogP contribution < -0.4 is 0 Å². The van der Waals surface area contributed by atoms with E-state index in [1.165, 1.54) is 0 Å². The van der Waals surface area contributed by atoms with Gasteiger partial charge in [-0.15, -0.1) is 0 Å². The zero-order chi connectivity index (χ0) is 14.8. The van der Waals surface area contributed by atoms with Crippen molar-refractivity contribution >= 4 is 12.2 Å². The first-order valence-electron chi connectivity index (χ1n) is 6.84. The molecule has 0 aliphatic carbocycles. The van der Waals surface area contributed by atoms with Gasteiger partial charge in [0.1, 0.15) is 0 Å². The molecule has 0 aromatic heterocycles. The molecule has 0 radical (unpaired) electrons. The lowest BCUT2D eigenvalue weighted by molar-refractivity contribution is 0.0742. The van der Waals surface area contributed by atoms with E-state index in [0.29, 0.717) is 12.8 Å². The number of hydrogen-bond acceptors (Lipinski definition) is 4. The highest BCUT2D eigenvalue weighted by atomic mass is 16.6. The molecule has 5 heteroatoms. The minimum atomic E-state index is -0.670. The van der Waals surface area contributed by atoms with Gasteiger partial charge in [-0.1, -0.05) is 44.2 Å². The van der Waals surface area contributed by atoms with Crippen LogP contribution in [0.1, 0.15) is 32.3 Å². The minimum absolute atomic E-state index is 0.145. The standard InChI is InChI=1S/C15H21NO4/c1-3-10-19-14(17)16(15(18)20-11-4-2)12-13-8-6-5-7-9-13/h5-9H,3-4,10-12H2,1-2H3. The van der Waals surface area contributed by atoms with Crippen molar-refractivity contribution < 1.29 is 19.1 Å². The van der Waals surface area contributed by atoms with Crippen LogP contribution in [0, 0.1) is 0 Å². The summed E-state index contributed by atoms with van der Waals surface area (Å²) in [5, 5.41) is 0. The maximum absolute atomic E-state index is 11.9. The van der Waals surface area contributed by atoms with Gasteiger partial charge in [0.2, 0.25) is 0 Å². The van der Waals surface area contributed by atoms with Gasteiger partial charge in [-0.25, -0.2) is 14.5 Å². The van der Waals surface area contributed by atoms with Gasteiger partial charge >= 0.3 is 12.2 Å². The Labute approximate surface area is 119 Å². The molecule has 0 fully saturated rings. The molecule has 20 heavy (non-hydrogen) atoms. The van der Waals surface area contributed by atoms with Crippen LogP contribution in [0.3, 0.4) is 0 Å². The maximum Gasteiger partial charge on any atom is 0.419 e. The van der Waals surface area contributed by atoms with Crippen molar-refractivity contribution in [3.8, 4) is 0 Å². The van der Waals surface area contributed by atoms with Crippen LogP contribution in [-0.2, 0) is 16.0 Å². The lowest BCUT2D eigenvalue weighted by Crippen LogP contribution is -2.37. The van der Waals surface area contributed by atoms with E-state index in [4.69, 9.17) is 9.47 Å². The molecular formula is C15H21NO4. The van der Waals surface area contributed by atoms with E-state index >= 15 is 0 Å². The summed E-state index contributed by atoms with van der Waals surface area (Å²) in [6.07, 6.45) is 0.0673. The van der Waals surface area contributed by atoms with Crippen molar-refractivity contribution in [2.24, 2.45) is 0 Å². The predicted octanol–water partition coefficient (Wildman–Crippen LogP) is 3.58. The van der Waals surface area contributed by atoms with Crippen molar-refractivity contribution in [1.82, 2.24) is 4.90 Å². The molecular weight excluding hydrogens is 258 g/mol. The predicted molar refractivity (Wildman–Crippen MR) is 75.3 cm³/mol. The zero-order valence-corrected chi connectivity index (χ0v) is 12.0. The SMILES string of the molecule is CCCOC(=O)N(Cc1ccccc1)C(=O)OCCC.